The topological polar surface area (TPSA) is 50.8 Å². The SMILES string of the molecule is FC(F)(F)C(F)(OC(F)(F)C(F)(F)C(F)(F)F)c1nnc(S)[nH]1. The molecule has 0 amide bonds. The number of hydrogen-bond donors (Lipinski definition) is 2. The number of H-pyrrole nitrogens is 1. The summed E-state index contributed by atoms with van der Waals surface area (Å²) in [5.41, 5.74) is 0. The highest BCUT2D eigenvalue weighted by molar-refractivity contribution is 7.80. The lowest BCUT2D eigenvalue weighted by atomic mass is 10.2. The van der Waals surface area contributed by atoms with Crippen LogP contribution in [0.15, 0.2) is 5.16 Å². The summed E-state index contributed by atoms with van der Waals surface area (Å²) in [6.07, 6.45) is -20.5. The van der Waals surface area contributed by atoms with Crippen LogP contribution in [0.3, 0.4) is 0 Å². The lowest BCUT2D eigenvalue weighted by Gasteiger charge is -2.33. The molecule has 4 nitrogen and oxygen atoms in total. The van der Waals surface area contributed by atoms with Crippen molar-refractivity contribution >= 4 is 12.6 Å². The van der Waals surface area contributed by atoms with E-state index in [2.05, 4.69) is 27.6 Å². The number of ether oxygens (including phenoxy) is 1. The van der Waals surface area contributed by atoms with E-state index in [4.69, 9.17) is 0 Å². The second-order valence-electron chi connectivity index (χ2n) is 3.78. The highest BCUT2D eigenvalue weighted by Crippen LogP contribution is 2.53. The predicted molar refractivity (Wildman–Crippen MR) is 49.5 cm³/mol. The highest BCUT2D eigenvalue weighted by Gasteiger charge is 2.79. The molecule has 0 spiro atoms. The summed E-state index contributed by atoms with van der Waals surface area (Å²) in [6.45, 7) is 0. The van der Waals surface area contributed by atoms with E-state index < -0.39 is 41.2 Å². The molecule has 1 unspecified atom stereocenters. The van der Waals surface area contributed by atoms with E-state index >= 15 is 0 Å². The van der Waals surface area contributed by atoms with Crippen molar-refractivity contribution in [3.63, 3.8) is 0 Å². The third-order valence-electron chi connectivity index (χ3n) is 2.13. The lowest BCUT2D eigenvalue weighted by Crippen LogP contribution is -2.58. The predicted octanol–water partition coefficient (Wildman–Crippen LogP) is 3.58. The minimum Gasteiger partial charge on any atom is -0.315 e. The van der Waals surface area contributed by atoms with Gasteiger partial charge >= 0.3 is 30.2 Å². The molecule has 1 aromatic heterocycles. The Kier molecular flexibility index (Phi) is 4.59. The maximum atomic E-state index is 13.8. The van der Waals surface area contributed by atoms with Crippen molar-refractivity contribution in [2.24, 2.45) is 0 Å². The van der Waals surface area contributed by atoms with Crippen molar-refractivity contribution in [3.05, 3.63) is 5.82 Å². The Labute approximate surface area is 123 Å². The van der Waals surface area contributed by atoms with E-state index in [0.717, 1.165) is 0 Å². The van der Waals surface area contributed by atoms with Crippen LogP contribution in [0.2, 0.25) is 0 Å². The molecule has 0 aromatic carbocycles. The Hall–Kier alpha value is -1.32. The van der Waals surface area contributed by atoms with Gasteiger partial charge in [0, 0.05) is 0 Å². The van der Waals surface area contributed by atoms with Gasteiger partial charge in [-0.1, -0.05) is 0 Å². The fourth-order valence-electron chi connectivity index (χ4n) is 1.04. The largest absolute Gasteiger partial charge is 0.462 e. The maximum absolute atomic E-state index is 13.8. The number of hydrogen-bond acceptors (Lipinski definition) is 4. The smallest absolute Gasteiger partial charge is 0.315 e. The van der Waals surface area contributed by atoms with Crippen LogP contribution >= 0.6 is 12.6 Å². The van der Waals surface area contributed by atoms with Crippen LogP contribution in [0.5, 0.6) is 0 Å². The van der Waals surface area contributed by atoms with Crippen LogP contribution in [0.25, 0.3) is 0 Å². The average Bonchev–Trinajstić information content (AvgIpc) is 2.72. The Balaban J connectivity index is 3.38. The fourth-order valence-corrected chi connectivity index (χ4v) is 1.19. The van der Waals surface area contributed by atoms with Gasteiger partial charge in [-0.3, -0.25) is 4.74 Å². The fraction of sp³-hybridized carbons (Fsp3) is 0.714. The van der Waals surface area contributed by atoms with E-state index in [1.54, 1.807) is 0 Å². The molecule has 0 aliphatic carbocycles. The third-order valence-corrected chi connectivity index (χ3v) is 2.34. The zero-order chi connectivity index (χ0) is 18.5. The van der Waals surface area contributed by atoms with Gasteiger partial charge in [0.05, 0.1) is 0 Å². The molecule has 1 heterocycles. The average molecular weight is 385 g/mol. The third kappa shape index (κ3) is 3.31. The highest BCUT2D eigenvalue weighted by atomic mass is 32.1. The molecule has 0 aliphatic rings. The summed E-state index contributed by atoms with van der Waals surface area (Å²) in [7, 11) is 0. The van der Waals surface area contributed by atoms with Crippen LogP contribution in [0.4, 0.5) is 48.3 Å². The molecule has 1 rings (SSSR count). The standard InChI is InChI=1S/C7H2F11N3OS/c8-3(5(11,12)13,1-19-2(23)21-20-1)22-7(17,18)4(9,10)6(14,15)16/h(H2,19,20,21,23). The molecule has 0 fully saturated rings. The molecule has 0 bridgehead atoms. The first-order valence-corrected chi connectivity index (χ1v) is 5.31. The number of halogens is 11. The van der Waals surface area contributed by atoms with Gasteiger partial charge in [0.1, 0.15) is 0 Å². The quantitative estimate of drug-likeness (QED) is 0.616. The first kappa shape index (κ1) is 19.7. The van der Waals surface area contributed by atoms with E-state index in [1.807, 2.05) is 0 Å². The molecule has 0 saturated heterocycles. The molecule has 1 aromatic rings. The number of nitrogens with one attached hydrogen (secondary N) is 1. The van der Waals surface area contributed by atoms with Crippen molar-refractivity contribution in [1.82, 2.24) is 15.2 Å². The molecule has 23 heavy (non-hydrogen) atoms. The van der Waals surface area contributed by atoms with E-state index in [0.29, 0.717) is 0 Å². The molecule has 1 N–H and O–H groups in total. The normalized spacial score (nSPS) is 17.2. The van der Waals surface area contributed by atoms with E-state index in [1.165, 1.54) is 4.98 Å². The lowest BCUT2D eigenvalue weighted by molar-refractivity contribution is -0.489. The summed E-state index contributed by atoms with van der Waals surface area (Å²) in [5.74, 6) is -15.2. The Morgan fingerprint density at radius 1 is 0.783 bits per heavy atom. The molecule has 0 aliphatic heterocycles. The zero-order valence-electron chi connectivity index (χ0n) is 9.91. The summed E-state index contributed by atoms with van der Waals surface area (Å²) in [4.78, 5) is 1.20. The van der Waals surface area contributed by atoms with E-state index in [9.17, 15) is 48.3 Å². The number of thiol groups is 1. The van der Waals surface area contributed by atoms with Gasteiger partial charge in [0.2, 0.25) is 5.82 Å². The van der Waals surface area contributed by atoms with E-state index in [-0.39, 0.29) is 0 Å². The molecule has 0 radical (unpaired) electrons. The number of aromatic nitrogens is 3. The van der Waals surface area contributed by atoms with Crippen LogP contribution in [0.1, 0.15) is 5.82 Å². The van der Waals surface area contributed by atoms with Crippen molar-refractivity contribution < 1.29 is 53.0 Å². The van der Waals surface area contributed by atoms with Gasteiger partial charge in [0.25, 0.3) is 0 Å². The van der Waals surface area contributed by atoms with Crippen molar-refractivity contribution in [2.45, 2.75) is 35.4 Å². The van der Waals surface area contributed by atoms with Crippen LogP contribution in [0, 0.1) is 0 Å². The first-order valence-electron chi connectivity index (χ1n) is 4.86. The van der Waals surface area contributed by atoms with Gasteiger partial charge < -0.3 is 4.98 Å². The van der Waals surface area contributed by atoms with Crippen molar-refractivity contribution in [3.8, 4) is 0 Å². The van der Waals surface area contributed by atoms with Crippen LogP contribution in [-0.4, -0.2) is 39.6 Å². The maximum Gasteiger partial charge on any atom is 0.462 e. The summed E-state index contributed by atoms with van der Waals surface area (Å²) in [5, 5.41) is 4.05. The first-order chi connectivity index (χ1) is 9.96. The molecular weight excluding hydrogens is 383 g/mol. The van der Waals surface area contributed by atoms with Gasteiger partial charge in [-0.15, -0.1) is 22.8 Å². The van der Waals surface area contributed by atoms with Gasteiger partial charge in [-0.25, -0.2) is 0 Å². The minimum atomic E-state index is -7.13. The summed E-state index contributed by atoms with van der Waals surface area (Å²) < 4.78 is 140. The second-order valence-corrected chi connectivity index (χ2v) is 4.20. The second kappa shape index (κ2) is 5.35. The van der Waals surface area contributed by atoms with Crippen LogP contribution in [-0.2, 0) is 10.6 Å². The summed E-state index contributed by atoms with van der Waals surface area (Å²) >= 11 is 3.21. The van der Waals surface area contributed by atoms with Gasteiger partial charge in [-0.05, 0) is 0 Å². The number of aromatic amines is 1. The van der Waals surface area contributed by atoms with Gasteiger partial charge in [-0.2, -0.15) is 48.3 Å². The van der Waals surface area contributed by atoms with Crippen LogP contribution < -0.4 is 0 Å². The molecule has 134 valence electrons. The Bertz CT molecular complexity index is 567. The number of rotatable bonds is 4. The number of nitrogens with zero attached hydrogens (tertiary/aromatic N) is 2. The number of alkyl halides is 11. The van der Waals surface area contributed by atoms with Crippen molar-refractivity contribution in [2.75, 3.05) is 0 Å². The molecule has 0 saturated carbocycles. The summed E-state index contributed by atoms with van der Waals surface area (Å²) in [6, 6.07) is 0. The molecule has 16 heteroatoms. The zero-order valence-corrected chi connectivity index (χ0v) is 10.8. The molecular formula is C7H2F11N3OS. The van der Waals surface area contributed by atoms with Crippen molar-refractivity contribution in [1.29, 1.82) is 0 Å². The minimum absolute atomic E-state index is 0.888. The molecule has 1 atom stereocenters. The Morgan fingerprint density at radius 3 is 1.57 bits per heavy atom. The Morgan fingerprint density at radius 2 is 1.26 bits per heavy atom. The monoisotopic (exact) mass is 385 g/mol. The van der Waals surface area contributed by atoms with Gasteiger partial charge in [0.15, 0.2) is 5.16 Å².